The van der Waals surface area contributed by atoms with Crippen LogP contribution in [0.25, 0.3) is 0 Å². The summed E-state index contributed by atoms with van der Waals surface area (Å²) in [5, 5.41) is 14.5. The molecule has 0 bridgehead atoms. The van der Waals surface area contributed by atoms with Crippen molar-refractivity contribution in [2.24, 2.45) is 5.92 Å². The maximum Gasteiger partial charge on any atom is 0.228 e. The molecule has 4 heteroatoms. The largest absolute Gasteiger partial charge is 0.506 e. The van der Waals surface area contributed by atoms with Gasteiger partial charge in [-0.2, -0.15) is 0 Å². The Balaban J connectivity index is 1.99. The number of phenolic OH excluding ortho intramolecular Hbond substituents is 1. The topological polar surface area (TPSA) is 65.9 Å². The smallest absolute Gasteiger partial charge is 0.228 e. The Bertz CT molecular complexity index is 373. The number of piperidine rings is 1. The first-order valence-electron chi connectivity index (χ1n) is 5.68. The molecule has 1 aliphatic heterocycles. The van der Waals surface area contributed by atoms with Crippen LogP contribution in [0.15, 0.2) is 24.3 Å². The van der Waals surface area contributed by atoms with E-state index in [9.17, 15) is 9.90 Å². The standard InChI is InChI=1S/C12H16N2O2/c15-11-4-2-1-3-10(11)14-12(16)9-5-7-13-8-6-9/h1-4,9,13,15H,5-8H2,(H,14,16)/p+1. The number of hydrogen-bond donors (Lipinski definition) is 3. The first-order chi connectivity index (χ1) is 7.77. The van der Waals surface area contributed by atoms with Gasteiger partial charge in [-0.25, -0.2) is 0 Å². The van der Waals surface area contributed by atoms with Gasteiger partial charge in [-0.05, 0) is 12.1 Å². The Labute approximate surface area is 94.7 Å². The van der Waals surface area contributed by atoms with E-state index in [1.807, 2.05) is 0 Å². The number of benzene rings is 1. The fourth-order valence-electron chi connectivity index (χ4n) is 2.00. The molecule has 4 N–H and O–H groups in total. The van der Waals surface area contributed by atoms with Gasteiger partial charge in [0.2, 0.25) is 5.91 Å². The first kappa shape index (κ1) is 11.0. The van der Waals surface area contributed by atoms with E-state index in [1.54, 1.807) is 24.3 Å². The lowest BCUT2D eigenvalue weighted by atomic mass is 9.97. The first-order valence-corrected chi connectivity index (χ1v) is 5.68. The molecule has 86 valence electrons. The molecule has 1 heterocycles. The van der Waals surface area contributed by atoms with Crippen LogP contribution >= 0.6 is 0 Å². The second kappa shape index (κ2) is 4.99. The molecule has 0 saturated carbocycles. The molecule has 0 aliphatic carbocycles. The van der Waals surface area contributed by atoms with Crippen LogP contribution in [-0.4, -0.2) is 24.1 Å². The minimum atomic E-state index is 0.0228. The Morgan fingerprint density at radius 2 is 2.00 bits per heavy atom. The van der Waals surface area contributed by atoms with Gasteiger partial charge >= 0.3 is 0 Å². The van der Waals surface area contributed by atoms with Crippen molar-refractivity contribution >= 4 is 11.6 Å². The number of rotatable bonds is 2. The molecule has 1 aromatic carbocycles. The Morgan fingerprint density at radius 3 is 2.69 bits per heavy atom. The molecule has 0 atom stereocenters. The molecule has 0 unspecified atom stereocenters. The van der Waals surface area contributed by atoms with E-state index in [0.717, 1.165) is 25.9 Å². The van der Waals surface area contributed by atoms with Gasteiger partial charge in [0.15, 0.2) is 0 Å². The highest BCUT2D eigenvalue weighted by molar-refractivity contribution is 5.93. The monoisotopic (exact) mass is 221 g/mol. The summed E-state index contributed by atoms with van der Waals surface area (Å²) in [6.07, 6.45) is 1.83. The number of carbonyl (C=O) groups is 1. The quantitative estimate of drug-likeness (QED) is 0.629. The molecule has 1 amide bonds. The lowest BCUT2D eigenvalue weighted by molar-refractivity contribution is -0.663. The summed E-state index contributed by atoms with van der Waals surface area (Å²) >= 11 is 0. The van der Waals surface area contributed by atoms with Crippen LogP contribution in [0.2, 0.25) is 0 Å². The van der Waals surface area contributed by atoms with Crippen LogP contribution in [0.4, 0.5) is 5.69 Å². The lowest BCUT2D eigenvalue weighted by Crippen LogP contribution is -2.86. The fourth-order valence-corrected chi connectivity index (χ4v) is 2.00. The predicted molar refractivity (Wildman–Crippen MR) is 61.1 cm³/mol. The molecule has 16 heavy (non-hydrogen) atoms. The minimum absolute atomic E-state index is 0.0228. The molecule has 2 rings (SSSR count). The molecule has 1 aliphatic rings. The average molecular weight is 221 g/mol. The molecular weight excluding hydrogens is 204 g/mol. The van der Waals surface area contributed by atoms with Crippen molar-refractivity contribution in [3.8, 4) is 5.75 Å². The molecule has 1 fully saturated rings. The maximum absolute atomic E-state index is 11.9. The van der Waals surface area contributed by atoms with E-state index in [4.69, 9.17) is 0 Å². The highest BCUT2D eigenvalue weighted by Gasteiger charge is 2.23. The minimum Gasteiger partial charge on any atom is -0.506 e. The highest BCUT2D eigenvalue weighted by atomic mass is 16.3. The number of carbonyl (C=O) groups excluding carboxylic acids is 1. The van der Waals surface area contributed by atoms with E-state index in [2.05, 4.69) is 10.6 Å². The van der Waals surface area contributed by atoms with Gasteiger partial charge in [-0.3, -0.25) is 4.79 Å². The van der Waals surface area contributed by atoms with Crippen molar-refractivity contribution in [2.75, 3.05) is 18.4 Å². The van der Waals surface area contributed by atoms with Crippen LogP contribution in [0.5, 0.6) is 5.75 Å². The van der Waals surface area contributed by atoms with Gasteiger partial charge in [0.05, 0.1) is 18.8 Å². The van der Waals surface area contributed by atoms with Gasteiger partial charge in [0.1, 0.15) is 5.75 Å². The Morgan fingerprint density at radius 1 is 1.31 bits per heavy atom. The number of aromatic hydroxyl groups is 1. The van der Waals surface area contributed by atoms with Crippen LogP contribution in [0.3, 0.4) is 0 Å². The van der Waals surface area contributed by atoms with Gasteiger partial charge < -0.3 is 15.7 Å². The number of hydrogen-bond acceptors (Lipinski definition) is 2. The number of quaternary nitrogens is 1. The van der Waals surface area contributed by atoms with Crippen LogP contribution in [0, 0.1) is 5.92 Å². The molecule has 1 saturated heterocycles. The summed E-state index contributed by atoms with van der Waals surface area (Å²) < 4.78 is 0. The SMILES string of the molecule is O=C(Nc1ccccc1O)C1CC[NH2+]CC1. The number of amides is 1. The van der Waals surface area contributed by atoms with Crippen LogP contribution in [-0.2, 0) is 4.79 Å². The molecular formula is C12H17N2O2+. The lowest BCUT2D eigenvalue weighted by Gasteiger charge is -2.19. The summed E-state index contributed by atoms with van der Waals surface area (Å²) in [4.78, 5) is 11.9. The van der Waals surface area contributed by atoms with Gasteiger partial charge in [-0.1, -0.05) is 12.1 Å². The summed E-state index contributed by atoms with van der Waals surface area (Å²) in [6, 6.07) is 6.82. The second-order valence-electron chi connectivity index (χ2n) is 4.15. The van der Waals surface area contributed by atoms with Crippen molar-refractivity contribution in [3.05, 3.63) is 24.3 Å². The van der Waals surface area contributed by atoms with Crippen molar-refractivity contribution in [2.45, 2.75) is 12.8 Å². The summed E-state index contributed by atoms with van der Waals surface area (Å²) in [7, 11) is 0. The average Bonchev–Trinajstić information content (AvgIpc) is 2.33. The van der Waals surface area contributed by atoms with Gasteiger partial charge in [0, 0.05) is 18.8 Å². The number of phenols is 1. The van der Waals surface area contributed by atoms with Crippen LogP contribution < -0.4 is 10.6 Å². The summed E-state index contributed by atoms with van der Waals surface area (Å²) in [5.74, 6) is 0.234. The van der Waals surface area contributed by atoms with Crippen molar-refractivity contribution in [1.29, 1.82) is 0 Å². The van der Waals surface area contributed by atoms with Gasteiger partial charge in [-0.15, -0.1) is 0 Å². The highest BCUT2D eigenvalue weighted by Crippen LogP contribution is 2.23. The van der Waals surface area contributed by atoms with Gasteiger partial charge in [0.25, 0.3) is 0 Å². The molecule has 0 spiro atoms. The number of nitrogens with one attached hydrogen (secondary N) is 1. The Kier molecular flexibility index (Phi) is 3.41. The van der Waals surface area contributed by atoms with E-state index in [0.29, 0.717) is 5.69 Å². The third-order valence-corrected chi connectivity index (χ3v) is 2.97. The zero-order chi connectivity index (χ0) is 11.4. The molecule has 0 aromatic heterocycles. The van der Waals surface area contributed by atoms with E-state index in [1.165, 1.54) is 0 Å². The second-order valence-corrected chi connectivity index (χ2v) is 4.15. The third kappa shape index (κ3) is 2.52. The zero-order valence-electron chi connectivity index (χ0n) is 9.15. The maximum atomic E-state index is 11.9. The third-order valence-electron chi connectivity index (χ3n) is 2.97. The summed E-state index contributed by atoms with van der Waals surface area (Å²) in [6.45, 7) is 2.03. The van der Waals surface area contributed by atoms with Crippen molar-refractivity contribution in [1.82, 2.24) is 0 Å². The van der Waals surface area contributed by atoms with Crippen molar-refractivity contribution < 1.29 is 15.2 Å². The predicted octanol–water partition coefficient (Wildman–Crippen LogP) is 0.304. The number of para-hydroxylation sites is 2. The van der Waals surface area contributed by atoms with Crippen LogP contribution in [0.1, 0.15) is 12.8 Å². The fraction of sp³-hybridized carbons (Fsp3) is 0.417. The zero-order valence-corrected chi connectivity index (χ0v) is 9.15. The summed E-state index contributed by atoms with van der Waals surface area (Å²) in [5.41, 5.74) is 0.502. The van der Waals surface area contributed by atoms with E-state index in [-0.39, 0.29) is 17.6 Å². The van der Waals surface area contributed by atoms with E-state index < -0.39 is 0 Å². The molecule has 4 nitrogen and oxygen atoms in total. The van der Waals surface area contributed by atoms with E-state index >= 15 is 0 Å². The molecule has 0 radical (unpaired) electrons. The normalized spacial score (nSPS) is 17.0. The number of nitrogens with two attached hydrogens (primary N) is 1. The molecule has 1 aromatic rings. The Hall–Kier alpha value is -1.55. The number of anilines is 1. The van der Waals surface area contributed by atoms with Crippen molar-refractivity contribution in [3.63, 3.8) is 0 Å².